The third-order valence-electron chi connectivity index (χ3n) is 8.92. The van der Waals surface area contributed by atoms with Crippen LogP contribution < -0.4 is 18.9 Å². The molecule has 0 spiro atoms. The molecule has 2 fully saturated rings. The van der Waals surface area contributed by atoms with Crippen LogP contribution in [-0.2, 0) is 14.2 Å². The molecule has 0 N–H and O–H groups in total. The number of epoxide rings is 2. The zero-order chi connectivity index (χ0) is 36.4. The smallest absolute Gasteiger partial charge is 0.343 e. The first-order valence-corrected chi connectivity index (χ1v) is 18.9. The maximum atomic E-state index is 13.3. The Morgan fingerprint density at radius 1 is 0.558 bits per heavy atom. The predicted molar refractivity (Wildman–Crippen MR) is 196 cm³/mol. The first-order chi connectivity index (χ1) is 25.5. The summed E-state index contributed by atoms with van der Waals surface area (Å²) in [5.41, 5.74) is 0.548. The van der Waals surface area contributed by atoms with E-state index in [0.29, 0.717) is 43.5 Å². The Hall–Kier alpha value is -4.41. The first kappa shape index (κ1) is 38.8. The van der Waals surface area contributed by atoms with E-state index in [-0.39, 0.29) is 41.4 Å². The number of rotatable bonds is 25. The summed E-state index contributed by atoms with van der Waals surface area (Å²) in [5, 5.41) is 0. The molecule has 0 saturated carbocycles. The van der Waals surface area contributed by atoms with E-state index in [0.717, 1.165) is 19.3 Å². The lowest BCUT2D eigenvalue weighted by atomic mass is 10.0. The Morgan fingerprint density at radius 2 is 1.00 bits per heavy atom. The fourth-order valence-electron chi connectivity index (χ4n) is 5.59. The minimum atomic E-state index is -0.674. The third-order valence-corrected chi connectivity index (χ3v) is 8.92. The molecule has 2 heterocycles. The number of esters is 3. The number of unbranched alkanes of at least 4 members (excludes halogenated alkanes) is 12. The van der Waals surface area contributed by atoms with Gasteiger partial charge in [0.25, 0.3) is 0 Å². The Bertz CT molecular complexity index is 1540. The second-order valence-electron chi connectivity index (χ2n) is 13.4. The molecule has 2 saturated heterocycles. The lowest BCUT2D eigenvalue weighted by molar-refractivity contribution is 0.0490. The van der Waals surface area contributed by atoms with Gasteiger partial charge in [0, 0.05) is 0 Å². The molecular weight excluding hydrogens is 664 g/mol. The van der Waals surface area contributed by atoms with Gasteiger partial charge in [-0.25, -0.2) is 14.4 Å². The van der Waals surface area contributed by atoms with Crippen molar-refractivity contribution in [3.8, 4) is 23.0 Å². The van der Waals surface area contributed by atoms with Gasteiger partial charge in [-0.05, 0) is 73.2 Å². The van der Waals surface area contributed by atoms with Crippen LogP contribution in [0.2, 0.25) is 0 Å². The van der Waals surface area contributed by atoms with Crippen molar-refractivity contribution in [3.05, 3.63) is 83.4 Å². The highest BCUT2D eigenvalue weighted by Crippen LogP contribution is 2.28. The summed E-state index contributed by atoms with van der Waals surface area (Å²) in [5.74, 6) is -0.650. The van der Waals surface area contributed by atoms with E-state index in [9.17, 15) is 14.4 Å². The number of benzene rings is 3. The molecule has 2 aliphatic rings. The molecule has 10 nitrogen and oxygen atoms in total. The van der Waals surface area contributed by atoms with E-state index in [4.69, 9.17) is 33.2 Å². The van der Waals surface area contributed by atoms with Crippen molar-refractivity contribution in [2.24, 2.45) is 0 Å². The van der Waals surface area contributed by atoms with Crippen molar-refractivity contribution in [1.29, 1.82) is 0 Å². The molecule has 2 atom stereocenters. The molecule has 280 valence electrons. The molecule has 10 heteroatoms. The van der Waals surface area contributed by atoms with Gasteiger partial charge in [0.15, 0.2) is 0 Å². The zero-order valence-electron chi connectivity index (χ0n) is 30.3. The van der Waals surface area contributed by atoms with E-state index in [2.05, 4.69) is 6.92 Å². The Kier molecular flexibility index (Phi) is 15.8. The van der Waals surface area contributed by atoms with Crippen molar-refractivity contribution in [1.82, 2.24) is 0 Å². The topological polar surface area (TPSA) is 122 Å². The minimum absolute atomic E-state index is 0.00693. The van der Waals surface area contributed by atoms with Gasteiger partial charge in [-0.15, -0.1) is 0 Å². The summed E-state index contributed by atoms with van der Waals surface area (Å²) in [6, 6.07) is 17.3. The van der Waals surface area contributed by atoms with Gasteiger partial charge in [0.05, 0.1) is 30.9 Å². The predicted octanol–water partition coefficient (Wildman–Crippen LogP) is 8.93. The second kappa shape index (κ2) is 21.2. The largest absolute Gasteiger partial charge is 0.491 e. The number of hydrogen-bond acceptors (Lipinski definition) is 10. The summed E-state index contributed by atoms with van der Waals surface area (Å²) in [6.07, 6.45) is 16.0. The third kappa shape index (κ3) is 14.0. The van der Waals surface area contributed by atoms with Gasteiger partial charge in [-0.3, -0.25) is 0 Å². The SMILES string of the molecule is CCCCCCCCCCCCCCCOC(=O)c1cc(OC(=O)c2ccc(OCC3CO3)cc2)ccc1OC(=O)c1ccc(OCC2CO2)cc1. The molecule has 52 heavy (non-hydrogen) atoms. The van der Waals surface area contributed by atoms with Crippen molar-refractivity contribution in [2.45, 2.75) is 103 Å². The van der Waals surface area contributed by atoms with Crippen LogP contribution in [0.4, 0.5) is 0 Å². The summed E-state index contributed by atoms with van der Waals surface area (Å²) >= 11 is 0. The van der Waals surface area contributed by atoms with Crippen LogP contribution in [0.3, 0.4) is 0 Å². The van der Waals surface area contributed by atoms with Crippen molar-refractivity contribution < 1.29 is 47.5 Å². The van der Waals surface area contributed by atoms with E-state index < -0.39 is 17.9 Å². The molecule has 3 aromatic carbocycles. The Morgan fingerprint density at radius 3 is 1.48 bits per heavy atom. The van der Waals surface area contributed by atoms with E-state index in [1.54, 1.807) is 48.5 Å². The normalized spacial score (nSPS) is 15.8. The summed E-state index contributed by atoms with van der Waals surface area (Å²) in [4.78, 5) is 39.4. The van der Waals surface area contributed by atoms with Crippen molar-refractivity contribution in [2.75, 3.05) is 33.0 Å². The quantitative estimate of drug-likeness (QED) is 0.0364. The average molecular weight is 717 g/mol. The lowest BCUT2D eigenvalue weighted by Gasteiger charge is -2.13. The second-order valence-corrected chi connectivity index (χ2v) is 13.4. The number of carbonyl (C=O) groups is 3. The first-order valence-electron chi connectivity index (χ1n) is 18.9. The van der Waals surface area contributed by atoms with Crippen molar-refractivity contribution >= 4 is 17.9 Å². The minimum Gasteiger partial charge on any atom is -0.491 e. The lowest BCUT2D eigenvalue weighted by Crippen LogP contribution is -2.15. The van der Waals surface area contributed by atoms with Gasteiger partial charge in [-0.1, -0.05) is 84.0 Å². The van der Waals surface area contributed by atoms with Crippen LogP contribution >= 0.6 is 0 Å². The highest BCUT2D eigenvalue weighted by Gasteiger charge is 2.24. The zero-order valence-corrected chi connectivity index (χ0v) is 30.3. The fourth-order valence-corrected chi connectivity index (χ4v) is 5.59. The molecule has 0 aliphatic carbocycles. The van der Waals surface area contributed by atoms with Crippen LogP contribution in [0.15, 0.2) is 66.7 Å². The molecule has 2 unspecified atom stereocenters. The van der Waals surface area contributed by atoms with Gasteiger partial charge >= 0.3 is 17.9 Å². The van der Waals surface area contributed by atoms with Crippen LogP contribution in [0.5, 0.6) is 23.0 Å². The van der Waals surface area contributed by atoms with Crippen LogP contribution in [0.1, 0.15) is 121 Å². The van der Waals surface area contributed by atoms with Crippen molar-refractivity contribution in [3.63, 3.8) is 0 Å². The van der Waals surface area contributed by atoms with Gasteiger partial charge < -0.3 is 33.2 Å². The molecule has 2 aliphatic heterocycles. The van der Waals surface area contributed by atoms with Gasteiger partial charge in [0.2, 0.25) is 0 Å². The summed E-state index contributed by atoms with van der Waals surface area (Å²) < 4.78 is 38.5. The molecule has 0 aromatic heterocycles. The summed E-state index contributed by atoms with van der Waals surface area (Å²) in [7, 11) is 0. The molecule has 0 amide bonds. The Labute approximate surface area is 307 Å². The highest BCUT2D eigenvalue weighted by atomic mass is 16.6. The molecular formula is C42H52O10. The van der Waals surface area contributed by atoms with E-state index in [1.807, 2.05) is 0 Å². The van der Waals surface area contributed by atoms with Crippen LogP contribution in [0, 0.1) is 0 Å². The van der Waals surface area contributed by atoms with Crippen LogP contribution in [-0.4, -0.2) is 63.2 Å². The molecule has 0 radical (unpaired) electrons. The maximum Gasteiger partial charge on any atom is 0.343 e. The van der Waals surface area contributed by atoms with E-state index in [1.165, 1.54) is 82.4 Å². The number of carbonyl (C=O) groups excluding carboxylic acids is 3. The average Bonchev–Trinajstić information content (AvgIpc) is 4.11. The van der Waals surface area contributed by atoms with Gasteiger partial charge in [0.1, 0.15) is 54.0 Å². The monoisotopic (exact) mass is 716 g/mol. The fraction of sp³-hybridized carbons (Fsp3) is 0.500. The summed E-state index contributed by atoms with van der Waals surface area (Å²) in [6.45, 7) is 4.75. The van der Waals surface area contributed by atoms with E-state index >= 15 is 0 Å². The molecule has 3 aromatic rings. The standard InChI is InChI=1S/C42H52O10/c1-2-3-4-5-6-7-8-9-10-11-12-13-14-25-46-42(45)38-26-35(51-40(43)31-15-19-33(20-16-31)47-27-36-29-49-36)23-24-39(38)52-41(44)32-17-21-34(22-18-32)48-28-37-30-50-37/h15-24,26,36-37H,2-14,25,27-30H2,1H3. The highest BCUT2D eigenvalue weighted by molar-refractivity contribution is 5.97. The van der Waals surface area contributed by atoms with Gasteiger partial charge in [-0.2, -0.15) is 0 Å². The molecule has 5 rings (SSSR count). The maximum absolute atomic E-state index is 13.3. The van der Waals surface area contributed by atoms with Crippen LogP contribution in [0.25, 0.3) is 0 Å². The number of hydrogen-bond donors (Lipinski definition) is 0. The number of ether oxygens (including phenoxy) is 7. The molecule has 0 bridgehead atoms. The Balaban J connectivity index is 1.12.